The maximum atomic E-state index is 13.4. The molecule has 1 saturated heterocycles. The minimum Gasteiger partial charge on any atom is -0.384 e. The van der Waals surface area contributed by atoms with Crippen molar-refractivity contribution in [2.24, 2.45) is 0 Å². The van der Waals surface area contributed by atoms with Gasteiger partial charge in [0.2, 0.25) is 11.8 Å². The van der Waals surface area contributed by atoms with Crippen molar-refractivity contribution in [3.05, 3.63) is 0 Å². The molecule has 0 radical (unpaired) electrons. The molecule has 0 aromatic carbocycles. The Labute approximate surface area is 419 Å². The van der Waals surface area contributed by atoms with E-state index in [9.17, 15) is 14.7 Å². The number of amides is 2. The molecule has 0 spiro atoms. The smallest absolute Gasteiger partial charge is 0.222 e. The van der Waals surface area contributed by atoms with Crippen LogP contribution < -0.4 is 0 Å². The SMILES string of the molecule is CCCCCCCCCCN(CCCCCCCCCC)C(=O)CCCCCCCN(CCCCCCCC(=O)N(CCCCCCCCCC)CCCCCCCCCC)CC1(O)COC1. The maximum absolute atomic E-state index is 13.4. The van der Waals surface area contributed by atoms with Gasteiger partial charge in [-0.15, -0.1) is 0 Å². The molecular weight excluding hydrogens is 827 g/mol. The zero-order valence-corrected chi connectivity index (χ0v) is 46.0. The molecule has 1 N–H and O–H groups in total. The molecule has 0 saturated carbocycles. The number of carbonyl (C=O) groups is 2. The Hall–Kier alpha value is -1.18. The molecule has 0 aromatic heterocycles. The second-order valence-electron chi connectivity index (χ2n) is 21.7. The van der Waals surface area contributed by atoms with Gasteiger partial charge in [-0.3, -0.25) is 9.59 Å². The van der Waals surface area contributed by atoms with Crippen LogP contribution in [-0.4, -0.2) is 96.2 Å². The standard InChI is InChI=1S/C60H119N3O4/c1-5-9-13-17-21-25-35-43-51-62(52-44-36-26-22-18-14-10-6-2)58(64)47-39-31-29-33-41-49-61(55-60(66)56-67-57-60)50-42-34-30-32-40-48-59(65)63(53-45-37-27-23-19-15-11-7-3)54-46-38-28-24-20-16-12-8-4/h66H,5-57H2,1-4H3. The summed E-state index contributed by atoms with van der Waals surface area (Å²) < 4.78 is 5.41. The van der Waals surface area contributed by atoms with E-state index in [0.717, 1.165) is 103 Å². The summed E-state index contributed by atoms with van der Waals surface area (Å²) >= 11 is 0. The Kier molecular flexibility index (Phi) is 46.2. The summed E-state index contributed by atoms with van der Waals surface area (Å²) in [6.45, 7) is 16.6. The Morgan fingerprint density at radius 1 is 0.343 bits per heavy atom. The average Bonchev–Trinajstić information content (AvgIpc) is 3.31. The molecule has 1 fully saturated rings. The van der Waals surface area contributed by atoms with Crippen LogP contribution in [-0.2, 0) is 14.3 Å². The highest BCUT2D eigenvalue weighted by Crippen LogP contribution is 2.21. The fourth-order valence-electron chi connectivity index (χ4n) is 10.2. The zero-order chi connectivity index (χ0) is 48.6. The van der Waals surface area contributed by atoms with Gasteiger partial charge in [-0.05, 0) is 64.5 Å². The summed E-state index contributed by atoms with van der Waals surface area (Å²) in [4.78, 5) is 33.8. The van der Waals surface area contributed by atoms with Crippen LogP contribution in [0.2, 0.25) is 0 Å². The number of nitrogens with zero attached hydrogens (tertiary/aromatic N) is 3. The van der Waals surface area contributed by atoms with Crippen LogP contribution in [0.1, 0.15) is 310 Å². The first kappa shape index (κ1) is 63.8. The minimum absolute atomic E-state index is 0.393. The number of ether oxygens (including phenoxy) is 1. The van der Waals surface area contributed by atoms with Crippen LogP contribution in [0.3, 0.4) is 0 Å². The number of hydrogen-bond acceptors (Lipinski definition) is 5. The summed E-state index contributed by atoms with van der Waals surface area (Å²) in [5, 5.41) is 11.0. The third kappa shape index (κ3) is 40.1. The van der Waals surface area contributed by atoms with Gasteiger partial charge in [0.05, 0.1) is 13.2 Å². The summed E-state index contributed by atoms with van der Waals surface area (Å²) in [5.41, 5.74) is -0.689. The third-order valence-corrected chi connectivity index (χ3v) is 14.8. The molecule has 1 rings (SSSR count). The van der Waals surface area contributed by atoms with Gasteiger partial charge in [0, 0.05) is 45.6 Å². The van der Waals surface area contributed by atoms with Gasteiger partial charge >= 0.3 is 0 Å². The van der Waals surface area contributed by atoms with E-state index in [1.165, 1.54) is 205 Å². The van der Waals surface area contributed by atoms with Crippen molar-refractivity contribution in [3.8, 4) is 0 Å². The van der Waals surface area contributed by atoms with Crippen molar-refractivity contribution in [2.75, 3.05) is 59.0 Å². The van der Waals surface area contributed by atoms with Crippen molar-refractivity contribution < 1.29 is 19.4 Å². The van der Waals surface area contributed by atoms with Crippen LogP contribution in [0.4, 0.5) is 0 Å². The fraction of sp³-hybridized carbons (Fsp3) is 0.967. The van der Waals surface area contributed by atoms with Gasteiger partial charge in [-0.25, -0.2) is 0 Å². The lowest BCUT2D eigenvalue weighted by atomic mass is 10.0. The van der Waals surface area contributed by atoms with Gasteiger partial charge in [0.1, 0.15) is 5.60 Å². The van der Waals surface area contributed by atoms with E-state index < -0.39 is 5.60 Å². The van der Waals surface area contributed by atoms with Crippen molar-refractivity contribution in [1.29, 1.82) is 0 Å². The third-order valence-electron chi connectivity index (χ3n) is 14.8. The molecule has 1 aliphatic rings. The van der Waals surface area contributed by atoms with E-state index >= 15 is 0 Å². The predicted octanol–water partition coefficient (Wildman–Crippen LogP) is 17.0. The van der Waals surface area contributed by atoms with Crippen molar-refractivity contribution in [3.63, 3.8) is 0 Å². The van der Waals surface area contributed by atoms with E-state index in [2.05, 4.69) is 42.4 Å². The highest BCUT2D eigenvalue weighted by atomic mass is 16.5. The van der Waals surface area contributed by atoms with Crippen LogP contribution in [0.5, 0.6) is 0 Å². The van der Waals surface area contributed by atoms with E-state index in [1.807, 2.05) is 0 Å². The first-order valence-electron chi connectivity index (χ1n) is 30.5. The molecule has 2 amide bonds. The van der Waals surface area contributed by atoms with E-state index in [0.29, 0.717) is 44.4 Å². The largest absolute Gasteiger partial charge is 0.384 e. The van der Waals surface area contributed by atoms with Gasteiger partial charge in [-0.1, -0.05) is 246 Å². The van der Waals surface area contributed by atoms with E-state index in [1.54, 1.807) is 0 Å². The number of aliphatic hydroxyl groups is 1. The van der Waals surface area contributed by atoms with Crippen molar-refractivity contribution in [2.45, 2.75) is 316 Å². The van der Waals surface area contributed by atoms with Crippen molar-refractivity contribution in [1.82, 2.24) is 14.7 Å². The minimum atomic E-state index is -0.689. The molecular formula is C60H119N3O4. The van der Waals surface area contributed by atoms with Gasteiger partial charge in [-0.2, -0.15) is 0 Å². The Balaban J connectivity index is 2.40. The summed E-state index contributed by atoms with van der Waals surface area (Å²) in [7, 11) is 0. The lowest BCUT2D eigenvalue weighted by Crippen LogP contribution is -2.57. The molecule has 0 aliphatic carbocycles. The summed E-state index contributed by atoms with van der Waals surface area (Å²) in [5.74, 6) is 0.787. The molecule has 0 atom stereocenters. The summed E-state index contributed by atoms with van der Waals surface area (Å²) in [6, 6.07) is 0. The molecule has 0 aromatic rings. The molecule has 67 heavy (non-hydrogen) atoms. The molecule has 1 aliphatic heterocycles. The highest BCUT2D eigenvalue weighted by Gasteiger charge is 2.37. The molecule has 0 bridgehead atoms. The monoisotopic (exact) mass is 946 g/mol. The summed E-state index contributed by atoms with van der Waals surface area (Å²) in [6.07, 6.45) is 54.7. The normalized spacial score (nSPS) is 13.4. The first-order valence-corrected chi connectivity index (χ1v) is 30.5. The van der Waals surface area contributed by atoms with Gasteiger partial charge in [0.25, 0.3) is 0 Å². The number of rotatable bonds is 54. The molecule has 7 heteroatoms. The van der Waals surface area contributed by atoms with Gasteiger partial charge in [0.15, 0.2) is 0 Å². The Morgan fingerprint density at radius 2 is 0.567 bits per heavy atom. The zero-order valence-electron chi connectivity index (χ0n) is 46.0. The lowest BCUT2D eigenvalue weighted by molar-refractivity contribution is -0.187. The Bertz CT molecular complexity index is 942. The average molecular weight is 947 g/mol. The predicted molar refractivity (Wildman–Crippen MR) is 291 cm³/mol. The Morgan fingerprint density at radius 3 is 0.806 bits per heavy atom. The quantitative estimate of drug-likeness (QED) is 0.0615. The molecule has 1 heterocycles. The highest BCUT2D eigenvalue weighted by molar-refractivity contribution is 5.76. The first-order chi connectivity index (χ1) is 32.9. The molecule has 398 valence electrons. The van der Waals surface area contributed by atoms with Crippen LogP contribution in [0.25, 0.3) is 0 Å². The molecule has 7 nitrogen and oxygen atoms in total. The number of hydrogen-bond donors (Lipinski definition) is 1. The second-order valence-corrected chi connectivity index (χ2v) is 21.7. The van der Waals surface area contributed by atoms with Crippen LogP contribution in [0.15, 0.2) is 0 Å². The fourth-order valence-corrected chi connectivity index (χ4v) is 10.2. The number of unbranched alkanes of at least 4 members (excludes halogenated alkanes) is 36. The lowest BCUT2D eigenvalue weighted by Gasteiger charge is -2.40. The molecule has 0 unspecified atom stereocenters. The second kappa shape index (κ2) is 48.4. The van der Waals surface area contributed by atoms with E-state index in [-0.39, 0.29) is 0 Å². The van der Waals surface area contributed by atoms with Crippen LogP contribution in [0, 0.1) is 0 Å². The van der Waals surface area contributed by atoms with Crippen molar-refractivity contribution >= 4 is 11.8 Å². The van der Waals surface area contributed by atoms with Crippen LogP contribution >= 0.6 is 0 Å². The van der Waals surface area contributed by atoms with Gasteiger partial charge < -0.3 is 24.5 Å². The maximum Gasteiger partial charge on any atom is 0.222 e. The topological polar surface area (TPSA) is 73.3 Å². The number of carbonyl (C=O) groups excluding carboxylic acids is 2. The van der Waals surface area contributed by atoms with E-state index in [4.69, 9.17) is 4.74 Å².